The van der Waals surface area contributed by atoms with Crippen molar-refractivity contribution in [2.75, 3.05) is 0 Å². The van der Waals surface area contributed by atoms with Gasteiger partial charge in [0, 0.05) is 0 Å². The number of hydrogen-bond acceptors (Lipinski definition) is 3. The van der Waals surface area contributed by atoms with Crippen LogP contribution in [0.3, 0.4) is 0 Å². The summed E-state index contributed by atoms with van der Waals surface area (Å²) in [5, 5.41) is 18.2. The van der Waals surface area contributed by atoms with Crippen LogP contribution in [0.5, 0.6) is 5.75 Å². The Labute approximate surface area is 119 Å². The van der Waals surface area contributed by atoms with Gasteiger partial charge in [0.1, 0.15) is 12.4 Å². The molecule has 20 heavy (non-hydrogen) atoms. The maximum atomic E-state index is 13.6. The number of hydrogen-bond donors (Lipinski definition) is 2. The quantitative estimate of drug-likeness (QED) is 0.847. The van der Waals surface area contributed by atoms with Crippen LogP contribution < -0.4 is 10.2 Å². The third-order valence-corrected chi connectivity index (χ3v) is 2.98. The number of benzene rings is 2. The van der Waals surface area contributed by atoms with Gasteiger partial charge in [0.25, 0.3) is 0 Å². The maximum absolute atomic E-state index is 13.6. The van der Waals surface area contributed by atoms with Crippen LogP contribution in [0.2, 0.25) is 5.02 Å². The largest absolute Gasteiger partial charge is 0.488 e. The third-order valence-electron chi connectivity index (χ3n) is 2.69. The molecule has 7 heteroatoms. The molecule has 2 N–H and O–H groups in total. The molecular formula is C13H10BClF2O3. The predicted molar refractivity (Wildman–Crippen MR) is 72.0 cm³/mol. The molecule has 3 nitrogen and oxygen atoms in total. The summed E-state index contributed by atoms with van der Waals surface area (Å²) in [6, 6.07) is 7.76. The molecule has 0 heterocycles. The van der Waals surface area contributed by atoms with Crippen LogP contribution in [0.4, 0.5) is 8.78 Å². The molecule has 0 saturated heterocycles. The molecule has 0 unspecified atom stereocenters. The summed E-state index contributed by atoms with van der Waals surface area (Å²) in [5.41, 5.74) is 0.299. The Morgan fingerprint density at radius 3 is 2.60 bits per heavy atom. The molecule has 0 amide bonds. The summed E-state index contributed by atoms with van der Waals surface area (Å²) >= 11 is 5.61. The zero-order valence-corrected chi connectivity index (χ0v) is 10.9. The highest BCUT2D eigenvalue weighted by atomic mass is 35.5. The second kappa shape index (κ2) is 6.22. The summed E-state index contributed by atoms with van der Waals surface area (Å²) in [5.74, 6) is -1.38. The molecule has 2 aromatic rings. The smallest absolute Gasteiger partial charge is 0.486 e. The minimum Gasteiger partial charge on any atom is -0.486 e. The van der Waals surface area contributed by atoms with Crippen LogP contribution >= 0.6 is 11.6 Å². The first-order valence-corrected chi connectivity index (χ1v) is 6.08. The Kier molecular flexibility index (Phi) is 4.59. The van der Waals surface area contributed by atoms with E-state index in [2.05, 4.69) is 0 Å². The van der Waals surface area contributed by atoms with Gasteiger partial charge in [-0.1, -0.05) is 23.7 Å². The highest BCUT2D eigenvalue weighted by molar-refractivity contribution is 6.59. The fourth-order valence-electron chi connectivity index (χ4n) is 1.69. The standard InChI is InChI=1S/C13H10BClF2O3/c15-11-2-1-3-12(13(11)17)20-7-8-4-5-9(16)6-10(8)14(18)19/h1-6,18-19H,7H2. The zero-order chi connectivity index (χ0) is 14.7. The van der Waals surface area contributed by atoms with Crippen molar-refractivity contribution in [3.63, 3.8) is 0 Å². The lowest BCUT2D eigenvalue weighted by Crippen LogP contribution is -2.34. The topological polar surface area (TPSA) is 49.7 Å². The molecule has 2 aromatic carbocycles. The van der Waals surface area contributed by atoms with Gasteiger partial charge >= 0.3 is 7.12 Å². The minimum atomic E-state index is -1.84. The molecule has 0 bridgehead atoms. The van der Waals surface area contributed by atoms with E-state index in [1.165, 1.54) is 24.3 Å². The van der Waals surface area contributed by atoms with E-state index >= 15 is 0 Å². The van der Waals surface area contributed by atoms with E-state index in [-0.39, 0.29) is 22.8 Å². The van der Waals surface area contributed by atoms with Crippen LogP contribution in [0.1, 0.15) is 5.56 Å². The highest BCUT2D eigenvalue weighted by Crippen LogP contribution is 2.24. The fraction of sp³-hybridized carbons (Fsp3) is 0.0769. The molecular weight excluding hydrogens is 288 g/mol. The van der Waals surface area contributed by atoms with Crippen LogP contribution in [0, 0.1) is 11.6 Å². The summed E-state index contributed by atoms with van der Waals surface area (Å²) < 4.78 is 31.9. The Hall–Kier alpha value is -1.63. The molecule has 0 fully saturated rings. The average molecular weight is 298 g/mol. The van der Waals surface area contributed by atoms with Gasteiger partial charge < -0.3 is 14.8 Å². The lowest BCUT2D eigenvalue weighted by molar-refractivity contribution is 0.290. The van der Waals surface area contributed by atoms with Crippen LogP contribution in [0.15, 0.2) is 36.4 Å². The monoisotopic (exact) mass is 298 g/mol. The van der Waals surface area contributed by atoms with E-state index in [1.54, 1.807) is 0 Å². The van der Waals surface area contributed by atoms with Crippen molar-refractivity contribution in [1.82, 2.24) is 0 Å². The van der Waals surface area contributed by atoms with E-state index in [4.69, 9.17) is 26.4 Å². The molecule has 2 rings (SSSR count). The van der Waals surface area contributed by atoms with Crippen LogP contribution in [-0.2, 0) is 6.61 Å². The van der Waals surface area contributed by atoms with Gasteiger partial charge in [-0.05, 0) is 35.3 Å². The van der Waals surface area contributed by atoms with Crippen LogP contribution in [0.25, 0.3) is 0 Å². The van der Waals surface area contributed by atoms with Crippen molar-refractivity contribution >= 4 is 24.2 Å². The van der Waals surface area contributed by atoms with Gasteiger partial charge in [-0.2, -0.15) is 0 Å². The first kappa shape index (κ1) is 14.8. The van der Waals surface area contributed by atoms with Gasteiger partial charge in [0.15, 0.2) is 11.6 Å². The molecule has 0 spiro atoms. The van der Waals surface area contributed by atoms with Gasteiger partial charge in [0.2, 0.25) is 0 Å². The molecule has 0 aliphatic rings. The predicted octanol–water partition coefficient (Wildman–Crippen LogP) is 1.88. The van der Waals surface area contributed by atoms with Gasteiger partial charge in [-0.3, -0.25) is 0 Å². The lowest BCUT2D eigenvalue weighted by Gasteiger charge is -2.11. The second-order valence-corrected chi connectivity index (χ2v) is 4.46. The molecule has 0 aromatic heterocycles. The summed E-state index contributed by atoms with van der Waals surface area (Å²) in [7, 11) is -1.84. The lowest BCUT2D eigenvalue weighted by atomic mass is 9.77. The Bertz CT molecular complexity index is 623. The summed E-state index contributed by atoms with van der Waals surface area (Å²) in [6.07, 6.45) is 0. The first-order valence-electron chi connectivity index (χ1n) is 5.70. The molecule has 0 radical (unpaired) electrons. The Balaban J connectivity index is 2.21. The van der Waals surface area contributed by atoms with E-state index < -0.39 is 18.8 Å². The van der Waals surface area contributed by atoms with Crippen molar-refractivity contribution in [2.45, 2.75) is 6.61 Å². The third kappa shape index (κ3) is 3.28. The second-order valence-electron chi connectivity index (χ2n) is 4.06. The van der Waals surface area contributed by atoms with E-state index in [9.17, 15) is 8.78 Å². The van der Waals surface area contributed by atoms with E-state index in [1.807, 2.05) is 0 Å². The maximum Gasteiger partial charge on any atom is 0.488 e. The van der Waals surface area contributed by atoms with Gasteiger partial charge in [-0.25, -0.2) is 8.78 Å². The number of halogens is 3. The van der Waals surface area contributed by atoms with Crippen molar-refractivity contribution in [3.8, 4) is 5.75 Å². The molecule has 0 aliphatic carbocycles. The van der Waals surface area contributed by atoms with E-state index in [0.29, 0.717) is 5.56 Å². The Morgan fingerprint density at radius 2 is 1.90 bits per heavy atom. The van der Waals surface area contributed by atoms with Crippen molar-refractivity contribution in [1.29, 1.82) is 0 Å². The minimum absolute atomic E-state index is 0.0348. The summed E-state index contributed by atoms with van der Waals surface area (Å²) in [4.78, 5) is 0. The number of rotatable bonds is 4. The van der Waals surface area contributed by atoms with Gasteiger partial charge in [-0.15, -0.1) is 0 Å². The van der Waals surface area contributed by atoms with Crippen molar-refractivity contribution < 1.29 is 23.6 Å². The van der Waals surface area contributed by atoms with E-state index in [0.717, 1.165) is 12.1 Å². The molecule has 0 aliphatic heterocycles. The van der Waals surface area contributed by atoms with Gasteiger partial charge in [0.05, 0.1) is 5.02 Å². The van der Waals surface area contributed by atoms with Crippen molar-refractivity contribution in [2.24, 2.45) is 0 Å². The van der Waals surface area contributed by atoms with Crippen LogP contribution in [-0.4, -0.2) is 17.2 Å². The number of ether oxygens (including phenoxy) is 1. The molecule has 0 atom stereocenters. The fourth-order valence-corrected chi connectivity index (χ4v) is 1.85. The molecule has 104 valence electrons. The molecule has 0 saturated carbocycles. The Morgan fingerprint density at radius 1 is 1.15 bits per heavy atom. The SMILES string of the molecule is OB(O)c1cc(F)ccc1COc1cccc(Cl)c1F. The summed E-state index contributed by atoms with van der Waals surface area (Å²) in [6.45, 7) is -0.148. The first-order chi connectivity index (χ1) is 9.49. The highest BCUT2D eigenvalue weighted by Gasteiger charge is 2.17. The average Bonchev–Trinajstić information content (AvgIpc) is 2.41. The normalized spacial score (nSPS) is 10.4. The zero-order valence-electron chi connectivity index (χ0n) is 10.2. The van der Waals surface area contributed by atoms with Crippen molar-refractivity contribution in [3.05, 3.63) is 58.6 Å².